The van der Waals surface area contributed by atoms with Crippen molar-refractivity contribution in [3.8, 4) is 11.4 Å². The molecule has 6 nitrogen and oxygen atoms in total. The molecular weight excluding hydrogens is 220 g/mol. The first-order valence-corrected chi connectivity index (χ1v) is 5.32. The summed E-state index contributed by atoms with van der Waals surface area (Å²) >= 11 is 0. The molecule has 6 heteroatoms. The first-order chi connectivity index (χ1) is 8.31. The molecule has 2 aromatic heterocycles. The maximum Gasteiger partial charge on any atom is 0.252 e. The summed E-state index contributed by atoms with van der Waals surface area (Å²) in [6.07, 6.45) is 3.44. The number of rotatable bonds is 5. The van der Waals surface area contributed by atoms with Crippen molar-refractivity contribution in [3.05, 3.63) is 29.9 Å². The molecule has 0 amide bonds. The standard InChI is InChI=1S/C11H14N4O2/c1-8-2-4-13-6-9(8)11-14-10(17-15-11)7-16-5-3-12/h2,4,6H,3,5,7,12H2,1H3. The second-order valence-electron chi connectivity index (χ2n) is 3.54. The largest absolute Gasteiger partial charge is 0.370 e. The van der Waals surface area contributed by atoms with E-state index in [-0.39, 0.29) is 6.61 Å². The van der Waals surface area contributed by atoms with Crippen LogP contribution in [0.15, 0.2) is 23.0 Å². The molecule has 17 heavy (non-hydrogen) atoms. The summed E-state index contributed by atoms with van der Waals surface area (Å²) in [7, 11) is 0. The van der Waals surface area contributed by atoms with Crippen molar-refractivity contribution in [1.82, 2.24) is 15.1 Å². The minimum Gasteiger partial charge on any atom is -0.370 e. The zero-order valence-corrected chi connectivity index (χ0v) is 9.59. The van der Waals surface area contributed by atoms with Gasteiger partial charge in [-0.05, 0) is 18.6 Å². The topological polar surface area (TPSA) is 87.1 Å². The van der Waals surface area contributed by atoms with Gasteiger partial charge in [0.2, 0.25) is 5.82 Å². The average molecular weight is 234 g/mol. The lowest BCUT2D eigenvalue weighted by Crippen LogP contribution is -2.08. The number of nitrogens with two attached hydrogens (primary N) is 1. The zero-order valence-electron chi connectivity index (χ0n) is 9.59. The van der Waals surface area contributed by atoms with E-state index in [4.69, 9.17) is 15.0 Å². The van der Waals surface area contributed by atoms with Gasteiger partial charge >= 0.3 is 0 Å². The number of aromatic nitrogens is 3. The van der Waals surface area contributed by atoms with Crippen LogP contribution in [0.2, 0.25) is 0 Å². The third kappa shape index (κ3) is 2.86. The molecule has 0 atom stereocenters. The fourth-order valence-electron chi connectivity index (χ4n) is 1.36. The Labute approximate surface area is 98.8 Å². The second-order valence-corrected chi connectivity index (χ2v) is 3.54. The molecule has 0 saturated heterocycles. The van der Waals surface area contributed by atoms with Gasteiger partial charge < -0.3 is 15.0 Å². The number of ether oxygens (including phenoxy) is 1. The lowest BCUT2D eigenvalue weighted by molar-refractivity contribution is 0.104. The van der Waals surface area contributed by atoms with Crippen LogP contribution >= 0.6 is 0 Å². The van der Waals surface area contributed by atoms with E-state index in [1.807, 2.05) is 13.0 Å². The van der Waals surface area contributed by atoms with Gasteiger partial charge in [0, 0.05) is 24.5 Å². The summed E-state index contributed by atoms with van der Waals surface area (Å²) < 4.78 is 10.3. The number of nitrogens with zero attached hydrogens (tertiary/aromatic N) is 3. The maximum absolute atomic E-state index is 5.31. The highest BCUT2D eigenvalue weighted by molar-refractivity contribution is 5.57. The van der Waals surface area contributed by atoms with E-state index in [9.17, 15) is 0 Å². The van der Waals surface area contributed by atoms with Crippen LogP contribution in [0.25, 0.3) is 11.4 Å². The van der Waals surface area contributed by atoms with E-state index in [2.05, 4.69) is 15.1 Å². The third-order valence-electron chi connectivity index (χ3n) is 2.24. The third-order valence-corrected chi connectivity index (χ3v) is 2.24. The molecule has 0 aliphatic heterocycles. The van der Waals surface area contributed by atoms with Crippen LogP contribution in [0.5, 0.6) is 0 Å². The van der Waals surface area contributed by atoms with Gasteiger partial charge in [0.1, 0.15) is 6.61 Å². The second kappa shape index (κ2) is 5.51. The summed E-state index contributed by atoms with van der Waals surface area (Å²) in [4.78, 5) is 8.27. The SMILES string of the molecule is Cc1ccncc1-c1noc(COCCN)n1. The molecule has 2 heterocycles. The lowest BCUT2D eigenvalue weighted by Gasteiger charge is -1.97. The molecular formula is C11H14N4O2. The average Bonchev–Trinajstić information content (AvgIpc) is 2.79. The van der Waals surface area contributed by atoms with Gasteiger partial charge in [-0.2, -0.15) is 4.98 Å². The minimum absolute atomic E-state index is 0.281. The Morgan fingerprint density at radius 1 is 1.47 bits per heavy atom. The first kappa shape index (κ1) is 11.7. The summed E-state index contributed by atoms with van der Waals surface area (Å²) in [5.74, 6) is 0.971. The highest BCUT2D eigenvalue weighted by Crippen LogP contribution is 2.18. The van der Waals surface area contributed by atoms with Crippen LogP contribution in [-0.4, -0.2) is 28.3 Å². The molecule has 0 saturated carbocycles. The summed E-state index contributed by atoms with van der Waals surface area (Å²) in [5.41, 5.74) is 7.22. The van der Waals surface area contributed by atoms with Crippen molar-refractivity contribution in [2.75, 3.05) is 13.2 Å². The van der Waals surface area contributed by atoms with Gasteiger partial charge in [0.25, 0.3) is 5.89 Å². The van der Waals surface area contributed by atoms with Crippen LogP contribution in [-0.2, 0) is 11.3 Å². The van der Waals surface area contributed by atoms with Gasteiger partial charge in [-0.15, -0.1) is 0 Å². The van der Waals surface area contributed by atoms with Gasteiger partial charge in [0.05, 0.1) is 6.61 Å². The predicted octanol–water partition coefficient (Wildman–Crippen LogP) is 0.915. The molecule has 2 aromatic rings. The number of hydrogen-bond donors (Lipinski definition) is 1. The Balaban J connectivity index is 2.10. The summed E-state index contributed by atoms with van der Waals surface area (Å²) in [6, 6.07) is 1.90. The lowest BCUT2D eigenvalue weighted by atomic mass is 10.1. The first-order valence-electron chi connectivity index (χ1n) is 5.32. The quantitative estimate of drug-likeness (QED) is 0.774. The molecule has 0 aromatic carbocycles. The van der Waals surface area contributed by atoms with Crippen LogP contribution < -0.4 is 5.73 Å². The minimum atomic E-state index is 0.281. The molecule has 0 radical (unpaired) electrons. The van der Waals surface area contributed by atoms with E-state index in [0.717, 1.165) is 11.1 Å². The molecule has 0 aliphatic rings. The van der Waals surface area contributed by atoms with Crippen LogP contribution in [0, 0.1) is 6.92 Å². The van der Waals surface area contributed by atoms with E-state index in [1.165, 1.54) is 0 Å². The molecule has 0 bridgehead atoms. The van der Waals surface area contributed by atoms with Crippen LogP contribution in [0.4, 0.5) is 0 Å². The molecule has 0 fully saturated rings. The van der Waals surface area contributed by atoms with Gasteiger partial charge in [-0.3, -0.25) is 4.98 Å². The molecule has 2 N–H and O–H groups in total. The van der Waals surface area contributed by atoms with Crippen molar-refractivity contribution >= 4 is 0 Å². The van der Waals surface area contributed by atoms with Crippen LogP contribution in [0.3, 0.4) is 0 Å². The van der Waals surface area contributed by atoms with Gasteiger partial charge in [0.15, 0.2) is 0 Å². The maximum atomic E-state index is 5.31. The Hall–Kier alpha value is -1.79. The molecule has 0 spiro atoms. The summed E-state index contributed by atoms with van der Waals surface area (Å²) in [6.45, 7) is 3.20. The molecule has 0 unspecified atom stereocenters. The van der Waals surface area contributed by atoms with Crippen molar-refractivity contribution in [1.29, 1.82) is 0 Å². The molecule has 90 valence electrons. The predicted molar refractivity (Wildman–Crippen MR) is 61.0 cm³/mol. The highest BCUT2D eigenvalue weighted by atomic mass is 16.5. The van der Waals surface area contributed by atoms with Crippen molar-refractivity contribution in [3.63, 3.8) is 0 Å². The Kier molecular flexibility index (Phi) is 3.79. The van der Waals surface area contributed by atoms with Crippen molar-refractivity contribution in [2.24, 2.45) is 5.73 Å². The number of hydrogen-bond acceptors (Lipinski definition) is 6. The Morgan fingerprint density at radius 2 is 2.35 bits per heavy atom. The number of aryl methyl sites for hydroxylation is 1. The van der Waals surface area contributed by atoms with Crippen LogP contribution in [0.1, 0.15) is 11.5 Å². The van der Waals surface area contributed by atoms with Crippen molar-refractivity contribution < 1.29 is 9.26 Å². The Bertz CT molecular complexity index is 484. The van der Waals surface area contributed by atoms with E-state index < -0.39 is 0 Å². The van der Waals surface area contributed by atoms with E-state index >= 15 is 0 Å². The normalized spacial score (nSPS) is 10.7. The molecule has 2 rings (SSSR count). The van der Waals surface area contributed by atoms with Gasteiger partial charge in [-0.1, -0.05) is 5.16 Å². The fourth-order valence-corrected chi connectivity index (χ4v) is 1.36. The highest BCUT2D eigenvalue weighted by Gasteiger charge is 2.10. The number of pyridine rings is 1. The monoisotopic (exact) mass is 234 g/mol. The van der Waals surface area contributed by atoms with E-state index in [0.29, 0.717) is 24.9 Å². The van der Waals surface area contributed by atoms with Crippen molar-refractivity contribution in [2.45, 2.75) is 13.5 Å². The van der Waals surface area contributed by atoms with Gasteiger partial charge in [-0.25, -0.2) is 0 Å². The Morgan fingerprint density at radius 3 is 3.12 bits per heavy atom. The summed E-state index contributed by atoms with van der Waals surface area (Å²) in [5, 5.41) is 3.89. The van der Waals surface area contributed by atoms with E-state index in [1.54, 1.807) is 12.4 Å². The fraction of sp³-hybridized carbons (Fsp3) is 0.364. The molecule has 0 aliphatic carbocycles. The smallest absolute Gasteiger partial charge is 0.252 e. The zero-order chi connectivity index (χ0) is 12.1.